The number of hydrazone groups is 1. The Hall–Kier alpha value is -0.720. The van der Waals surface area contributed by atoms with Gasteiger partial charge in [-0.3, -0.25) is 0 Å². The molecule has 18 heavy (non-hydrogen) atoms. The third-order valence-corrected chi connectivity index (χ3v) is 3.48. The Morgan fingerprint density at radius 3 is 2.56 bits per heavy atom. The summed E-state index contributed by atoms with van der Waals surface area (Å²) < 4.78 is 6.15. The topological polar surface area (TPSA) is 37.5 Å². The van der Waals surface area contributed by atoms with Crippen molar-refractivity contribution in [1.82, 2.24) is 5.43 Å². The molecule has 2 aromatic rings. The van der Waals surface area contributed by atoms with Crippen molar-refractivity contribution >= 4 is 52.0 Å². The molecule has 2 rings (SSSR count). The molecule has 0 aliphatic heterocycles. The van der Waals surface area contributed by atoms with Gasteiger partial charge < -0.3 is 9.84 Å². The van der Waals surface area contributed by atoms with Crippen molar-refractivity contribution in [2.45, 2.75) is 6.54 Å². The lowest BCUT2D eigenvalue weighted by Crippen LogP contribution is -2.06. The number of rotatable bonds is 4. The molecule has 0 aliphatic rings. The number of halogens is 3. The second-order valence-corrected chi connectivity index (χ2v) is 5.31. The summed E-state index contributed by atoms with van der Waals surface area (Å²) in [6.07, 6.45) is 1.60. The minimum Gasteiger partial charge on any atom is -0.449 e. The van der Waals surface area contributed by atoms with E-state index < -0.39 is 0 Å². The van der Waals surface area contributed by atoms with Gasteiger partial charge in [-0.1, -0.05) is 29.3 Å². The van der Waals surface area contributed by atoms with E-state index in [9.17, 15) is 0 Å². The second-order valence-electron chi connectivity index (χ2n) is 3.44. The summed E-state index contributed by atoms with van der Waals surface area (Å²) in [6.45, 7) is 0.465. The summed E-state index contributed by atoms with van der Waals surface area (Å²) in [5.41, 5.74) is 3.71. The Labute approximate surface area is 128 Å². The van der Waals surface area contributed by atoms with Crippen LogP contribution in [-0.2, 0) is 6.54 Å². The van der Waals surface area contributed by atoms with Crippen LogP contribution in [0.1, 0.15) is 11.3 Å². The van der Waals surface area contributed by atoms with E-state index in [0.717, 1.165) is 9.33 Å². The minimum absolute atomic E-state index is 0.465. The van der Waals surface area contributed by atoms with E-state index in [4.69, 9.17) is 27.6 Å². The largest absolute Gasteiger partial charge is 0.449 e. The summed E-state index contributed by atoms with van der Waals surface area (Å²) in [7, 11) is 0. The molecule has 94 valence electrons. The molecular weight excluding hydrogens is 386 g/mol. The summed E-state index contributed by atoms with van der Waals surface area (Å²) in [4.78, 5) is 0. The van der Waals surface area contributed by atoms with E-state index in [-0.39, 0.29) is 0 Å². The molecule has 0 amide bonds. The van der Waals surface area contributed by atoms with Crippen molar-refractivity contribution in [2.24, 2.45) is 5.10 Å². The number of nitrogens with zero attached hydrogens (tertiary/aromatic N) is 1. The molecule has 0 aliphatic carbocycles. The Balaban J connectivity index is 1.94. The van der Waals surface area contributed by atoms with Gasteiger partial charge in [-0.2, -0.15) is 5.10 Å². The molecular formula is C12H9Cl2IN2O. The molecule has 0 saturated heterocycles. The van der Waals surface area contributed by atoms with Crippen LogP contribution in [0.25, 0.3) is 0 Å². The van der Waals surface area contributed by atoms with Crippen molar-refractivity contribution in [2.75, 3.05) is 0 Å². The lowest BCUT2D eigenvalue weighted by molar-refractivity contribution is 0.530. The third kappa shape index (κ3) is 3.63. The van der Waals surface area contributed by atoms with Gasteiger partial charge >= 0.3 is 0 Å². The number of hydrogen-bond acceptors (Lipinski definition) is 3. The van der Waals surface area contributed by atoms with Crippen molar-refractivity contribution in [3.63, 3.8) is 0 Å². The molecule has 0 spiro atoms. The monoisotopic (exact) mass is 394 g/mol. The van der Waals surface area contributed by atoms with Crippen LogP contribution in [0.3, 0.4) is 0 Å². The third-order valence-electron chi connectivity index (χ3n) is 2.19. The zero-order valence-corrected chi connectivity index (χ0v) is 12.8. The van der Waals surface area contributed by atoms with Gasteiger partial charge in [0.1, 0.15) is 5.76 Å². The second kappa shape index (κ2) is 6.45. The molecule has 1 aromatic carbocycles. The lowest BCUT2D eigenvalue weighted by atomic mass is 10.2. The molecule has 0 unspecified atom stereocenters. The Morgan fingerprint density at radius 2 is 1.94 bits per heavy atom. The average Bonchev–Trinajstić information content (AvgIpc) is 2.73. The van der Waals surface area contributed by atoms with Crippen LogP contribution in [0.4, 0.5) is 0 Å². The summed E-state index contributed by atoms with van der Waals surface area (Å²) in [5.74, 6) is 0.692. The molecule has 1 N–H and O–H groups in total. The number of benzene rings is 1. The van der Waals surface area contributed by atoms with Gasteiger partial charge in [0.2, 0.25) is 0 Å². The lowest BCUT2D eigenvalue weighted by Gasteiger charge is -2.05. The van der Waals surface area contributed by atoms with Crippen molar-refractivity contribution in [1.29, 1.82) is 0 Å². The first-order chi connectivity index (χ1) is 8.66. The molecule has 1 aromatic heterocycles. The van der Waals surface area contributed by atoms with E-state index in [1.807, 2.05) is 18.2 Å². The Kier molecular flexibility index (Phi) is 4.91. The molecule has 1 heterocycles. The maximum Gasteiger partial charge on any atom is 0.164 e. The summed E-state index contributed by atoms with van der Waals surface area (Å²) in [5, 5.41) is 5.29. The van der Waals surface area contributed by atoms with Gasteiger partial charge in [0.25, 0.3) is 0 Å². The van der Waals surface area contributed by atoms with Crippen LogP contribution in [0.2, 0.25) is 10.0 Å². The molecule has 0 saturated carbocycles. The smallest absolute Gasteiger partial charge is 0.164 e. The predicted octanol–water partition coefficient (Wildman–Crippen LogP) is 4.31. The van der Waals surface area contributed by atoms with E-state index >= 15 is 0 Å². The van der Waals surface area contributed by atoms with Crippen LogP contribution in [0, 0.1) is 3.77 Å². The molecule has 0 atom stereocenters. The van der Waals surface area contributed by atoms with Crippen LogP contribution in [-0.4, -0.2) is 6.21 Å². The highest BCUT2D eigenvalue weighted by Crippen LogP contribution is 2.23. The maximum atomic E-state index is 6.03. The molecule has 0 radical (unpaired) electrons. The molecule has 3 nitrogen and oxygen atoms in total. The van der Waals surface area contributed by atoms with Crippen molar-refractivity contribution < 1.29 is 4.42 Å². The highest BCUT2D eigenvalue weighted by atomic mass is 127. The van der Waals surface area contributed by atoms with E-state index in [2.05, 4.69) is 33.1 Å². The van der Waals surface area contributed by atoms with Crippen LogP contribution < -0.4 is 5.43 Å². The molecule has 0 bridgehead atoms. The van der Waals surface area contributed by atoms with Crippen molar-refractivity contribution in [3.8, 4) is 0 Å². The van der Waals surface area contributed by atoms with Crippen LogP contribution in [0.5, 0.6) is 0 Å². The fourth-order valence-corrected chi connectivity index (χ4v) is 2.30. The molecule has 0 fully saturated rings. The maximum absolute atomic E-state index is 6.03. The van der Waals surface area contributed by atoms with Gasteiger partial charge in [-0.15, -0.1) is 0 Å². The fraction of sp³-hybridized carbons (Fsp3) is 0.0833. The van der Waals surface area contributed by atoms with E-state index in [1.54, 1.807) is 18.3 Å². The average molecular weight is 395 g/mol. The van der Waals surface area contributed by atoms with E-state index in [1.165, 1.54) is 0 Å². The minimum atomic E-state index is 0.465. The summed E-state index contributed by atoms with van der Waals surface area (Å²) in [6, 6.07) is 9.11. The van der Waals surface area contributed by atoms with Crippen molar-refractivity contribution in [3.05, 3.63) is 55.5 Å². The first-order valence-corrected chi connectivity index (χ1v) is 6.94. The van der Waals surface area contributed by atoms with Gasteiger partial charge in [0, 0.05) is 15.6 Å². The SMILES string of the molecule is Clc1cccc(Cl)c1CN/N=C\c1ccc(I)o1. The Bertz CT molecular complexity index is 549. The van der Waals surface area contributed by atoms with Crippen LogP contribution in [0.15, 0.2) is 39.9 Å². The van der Waals surface area contributed by atoms with Gasteiger partial charge in [-0.25, -0.2) is 0 Å². The van der Waals surface area contributed by atoms with E-state index in [0.29, 0.717) is 22.4 Å². The highest BCUT2D eigenvalue weighted by Gasteiger charge is 2.03. The quantitative estimate of drug-likeness (QED) is 0.476. The zero-order chi connectivity index (χ0) is 13.0. The van der Waals surface area contributed by atoms with Gasteiger partial charge in [0.15, 0.2) is 3.77 Å². The zero-order valence-electron chi connectivity index (χ0n) is 9.16. The number of nitrogens with one attached hydrogen (secondary N) is 1. The normalized spacial score (nSPS) is 11.1. The fourth-order valence-electron chi connectivity index (χ4n) is 1.33. The first-order valence-electron chi connectivity index (χ1n) is 5.11. The number of furan rings is 1. The van der Waals surface area contributed by atoms with Gasteiger partial charge in [0.05, 0.1) is 12.8 Å². The van der Waals surface area contributed by atoms with Gasteiger partial charge in [-0.05, 0) is 46.9 Å². The van der Waals surface area contributed by atoms with Crippen LogP contribution >= 0.6 is 45.8 Å². The summed E-state index contributed by atoms with van der Waals surface area (Å²) >= 11 is 14.2. The Morgan fingerprint density at radius 1 is 1.22 bits per heavy atom. The highest BCUT2D eigenvalue weighted by molar-refractivity contribution is 14.1. The molecule has 6 heteroatoms. The predicted molar refractivity (Wildman–Crippen MR) is 82.3 cm³/mol. The number of hydrogen-bond donors (Lipinski definition) is 1. The standard InChI is InChI=1S/C12H9Cl2IN2O/c13-10-2-1-3-11(14)9(10)7-17-16-6-8-4-5-12(15)18-8/h1-6,17H,7H2/b16-6-. The first kappa shape index (κ1) is 13.7.